The minimum Gasteiger partial charge on any atom is -0.388 e. The van der Waals surface area contributed by atoms with Crippen LogP contribution in [0.1, 0.15) is 35.4 Å². The number of aliphatic hydroxyl groups excluding tert-OH is 1. The van der Waals surface area contributed by atoms with Crippen LogP contribution in [0.4, 0.5) is 0 Å². The first kappa shape index (κ1) is 15.2. The minimum absolute atomic E-state index is 0.0463. The number of Topliss-reactive ketones (excluding diaryl/α,β-unsaturated/α-hetero) is 1. The fraction of sp³-hybridized carbons (Fsp3) is 0.211. The van der Waals surface area contributed by atoms with Crippen LogP contribution in [0.25, 0.3) is 0 Å². The highest BCUT2D eigenvalue weighted by atomic mass is 16.3. The van der Waals surface area contributed by atoms with Crippen molar-refractivity contribution < 1.29 is 9.90 Å². The summed E-state index contributed by atoms with van der Waals surface area (Å²) in [5.74, 6) is -0.553. The maximum atomic E-state index is 12.7. The molecular formula is C19H20O2. The maximum absolute atomic E-state index is 12.7. The van der Waals surface area contributed by atoms with E-state index in [9.17, 15) is 9.90 Å². The third-order valence-corrected chi connectivity index (χ3v) is 3.49. The fourth-order valence-electron chi connectivity index (χ4n) is 2.42. The zero-order valence-corrected chi connectivity index (χ0v) is 12.2. The SMILES string of the molecule is C=C(C)CC(C(=O)c1ccccc1)C(O)c1ccccc1. The minimum atomic E-state index is -0.824. The van der Waals surface area contributed by atoms with Crippen molar-refractivity contribution in [2.45, 2.75) is 19.4 Å². The molecule has 2 nitrogen and oxygen atoms in total. The van der Waals surface area contributed by atoms with Gasteiger partial charge in [0, 0.05) is 5.56 Å². The van der Waals surface area contributed by atoms with E-state index in [1.54, 1.807) is 12.1 Å². The summed E-state index contributed by atoms with van der Waals surface area (Å²) < 4.78 is 0. The summed E-state index contributed by atoms with van der Waals surface area (Å²) in [7, 11) is 0. The van der Waals surface area contributed by atoms with Crippen molar-refractivity contribution in [2.24, 2.45) is 5.92 Å². The first-order valence-corrected chi connectivity index (χ1v) is 7.06. The molecule has 0 saturated carbocycles. The van der Waals surface area contributed by atoms with Crippen molar-refractivity contribution in [3.63, 3.8) is 0 Å². The molecule has 2 aromatic carbocycles. The van der Waals surface area contributed by atoms with Crippen LogP contribution >= 0.6 is 0 Å². The Hall–Kier alpha value is -2.19. The summed E-state index contributed by atoms with van der Waals surface area (Å²) in [4.78, 5) is 12.7. The first-order valence-electron chi connectivity index (χ1n) is 7.06. The lowest BCUT2D eigenvalue weighted by Gasteiger charge is -2.22. The van der Waals surface area contributed by atoms with Crippen LogP contribution in [0.15, 0.2) is 72.8 Å². The van der Waals surface area contributed by atoms with Crippen LogP contribution < -0.4 is 0 Å². The summed E-state index contributed by atoms with van der Waals surface area (Å²) in [6, 6.07) is 18.4. The van der Waals surface area contributed by atoms with Gasteiger partial charge in [-0.25, -0.2) is 0 Å². The van der Waals surface area contributed by atoms with E-state index in [0.29, 0.717) is 12.0 Å². The second-order valence-electron chi connectivity index (χ2n) is 5.35. The predicted octanol–water partition coefficient (Wildman–Crippen LogP) is 4.19. The predicted molar refractivity (Wildman–Crippen MR) is 85.1 cm³/mol. The molecule has 0 saturated heterocycles. The number of benzene rings is 2. The van der Waals surface area contributed by atoms with Gasteiger partial charge in [-0.2, -0.15) is 0 Å². The van der Waals surface area contributed by atoms with Gasteiger partial charge in [0.1, 0.15) is 0 Å². The zero-order valence-electron chi connectivity index (χ0n) is 12.2. The van der Waals surface area contributed by atoms with E-state index in [0.717, 1.165) is 11.1 Å². The number of aliphatic hydroxyl groups is 1. The lowest BCUT2D eigenvalue weighted by molar-refractivity contribution is 0.0676. The molecule has 0 bridgehead atoms. The maximum Gasteiger partial charge on any atom is 0.169 e. The van der Waals surface area contributed by atoms with E-state index in [1.165, 1.54) is 0 Å². The summed E-state index contributed by atoms with van der Waals surface area (Å²) >= 11 is 0. The molecule has 0 radical (unpaired) electrons. The van der Waals surface area contributed by atoms with Crippen molar-refractivity contribution in [1.82, 2.24) is 0 Å². The number of ketones is 1. The first-order chi connectivity index (χ1) is 10.1. The van der Waals surface area contributed by atoms with Crippen molar-refractivity contribution in [2.75, 3.05) is 0 Å². The van der Waals surface area contributed by atoms with Crippen LogP contribution in [0.2, 0.25) is 0 Å². The van der Waals surface area contributed by atoms with Gasteiger partial charge in [-0.15, -0.1) is 6.58 Å². The van der Waals surface area contributed by atoms with Crippen molar-refractivity contribution in [3.05, 3.63) is 83.9 Å². The van der Waals surface area contributed by atoms with Gasteiger partial charge < -0.3 is 5.11 Å². The molecular weight excluding hydrogens is 260 g/mol. The van der Waals surface area contributed by atoms with E-state index in [1.807, 2.05) is 55.5 Å². The Morgan fingerprint density at radius 3 is 2.10 bits per heavy atom. The summed E-state index contributed by atoms with van der Waals surface area (Å²) in [6.07, 6.45) is -0.348. The molecule has 2 unspecified atom stereocenters. The number of allylic oxidation sites excluding steroid dienone is 1. The smallest absolute Gasteiger partial charge is 0.169 e. The molecule has 0 amide bonds. The van der Waals surface area contributed by atoms with Crippen molar-refractivity contribution >= 4 is 5.78 Å². The molecule has 1 N–H and O–H groups in total. The fourth-order valence-corrected chi connectivity index (χ4v) is 2.42. The third-order valence-electron chi connectivity index (χ3n) is 3.49. The van der Waals surface area contributed by atoms with Crippen LogP contribution in [0.5, 0.6) is 0 Å². The Kier molecular flexibility index (Phi) is 5.07. The lowest BCUT2D eigenvalue weighted by atomic mass is 9.84. The molecule has 2 rings (SSSR count). The monoisotopic (exact) mass is 280 g/mol. The van der Waals surface area contributed by atoms with Gasteiger partial charge in [-0.05, 0) is 18.9 Å². The van der Waals surface area contributed by atoms with Gasteiger partial charge in [-0.1, -0.05) is 66.2 Å². The standard InChI is InChI=1S/C19H20O2/c1-14(2)13-17(18(20)15-9-5-3-6-10-15)19(21)16-11-7-4-8-12-16/h3-12,17-18,20H,1,13H2,2H3. The highest BCUT2D eigenvalue weighted by molar-refractivity contribution is 5.98. The molecule has 0 aliphatic rings. The summed E-state index contributed by atoms with van der Waals surface area (Å²) in [6.45, 7) is 5.76. The quantitative estimate of drug-likeness (QED) is 0.636. The molecule has 0 spiro atoms. The summed E-state index contributed by atoms with van der Waals surface area (Å²) in [5, 5.41) is 10.6. The van der Waals surface area contributed by atoms with Gasteiger partial charge in [0.25, 0.3) is 0 Å². The second kappa shape index (κ2) is 7.00. The van der Waals surface area contributed by atoms with Crippen LogP contribution in [0.3, 0.4) is 0 Å². The van der Waals surface area contributed by atoms with E-state index in [2.05, 4.69) is 6.58 Å². The molecule has 0 aromatic heterocycles. The third kappa shape index (κ3) is 3.89. The van der Waals surface area contributed by atoms with E-state index in [4.69, 9.17) is 0 Å². The lowest BCUT2D eigenvalue weighted by Crippen LogP contribution is -2.23. The molecule has 0 aliphatic carbocycles. The largest absolute Gasteiger partial charge is 0.388 e. The van der Waals surface area contributed by atoms with Crippen molar-refractivity contribution in [1.29, 1.82) is 0 Å². The highest BCUT2D eigenvalue weighted by Crippen LogP contribution is 2.30. The van der Waals surface area contributed by atoms with Gasteiger partial charge in [0.05, 0.1) is 12.0 Å². The molecule has 0 heterocycles. The van der Waals surface area contributed by atoms with Gasteiger partial charge in [-0.3, -0.25) is 4.79 Å². The molecule has 2 heteroatoms. The van der Waals surface area contributed by atoms with E-state index >= 15 is 0 Å². The molecule has 108 valence electrons. The molecule has 0 aliphatic heterocycles. The normalized spacial score (nSPS) is 13.4. The molecule has 2 atom stereocenters. The molecule has 21 heavy (non-hydrogen) atoms. The Morgan fingerprint density at radius 1 is 1.05 bits per heavy atom. The number of carbonyl (C=O) groups is 1. The van der Waals surface area contributed by atoms with E-state index < -0.39 is 12.0 Å². The topological polar surface area (TPSA) is 37.3 Å². The van der Waals surface area contributed by atoms with Crippen LogP contribution in [-0.4, -0.2) is 10.9 Å². The Morgan fingerprint density at radius 2 is 1.57 bits per heavy atom. The number of hydrogen-bond donors (Lipinski definition) is 1. The Balaban J connectivity index is 2.30. The zero-order chi connectivity index (χ0) is 15.2. The van der Waals surface area contributed by atoms with Gasteiger partial charge in [0.15, 0.2) is 5.78 Å². The Bertz CT molecular complexity index is 602. The van der Waals surface area contributed by atoms with E-state index in [-0.39, 0.29) is 5.78 Å². The van der Waals surface area contributed by atoms with Crippen LogP contribution in [-0.2, 0) is 0 Å². The Labute approximate surface area is 125 Å². The summed E-state index contributed by atoms with van der Waals surface area (Å²) in [5.41, 5.74) is 2.27. The van der Waals surface area contributed by atoms with Gasteiger partial charge in [0.2, 0.25) is 0 Å². The highest BCUT2D eigenvalue weighted by Gasteiger charge is 2.28. The molecule has 2 aromatic rings. The van der Waals surface area contributed by atoms with Gasteiger partial charge >= 0.3 is 0 Å². The average Bonchev–Trinajstić information content (AvgIpc) is 2.53. The number of rotatable bonds is 6. The van der Waals surface area contributed by atoms with Crippen molar-refractivity contribution in [3.8, 4) is 0 Å². The van der Waals surface area contributed by atoms with Crippen LogP contribution in [0, 0.1) is 5.92 Å². The number of carbonyl (C=O) groups excluding carboxylic acids is 1. The number of hydrogen-bond acceptors (Lipinski definition) is 2. The average molecular weight is 280 g/mol. The molecule has 0 fully saturated rings. The second-order valence-corrected chi connectivity index (χ2v) is 5.35.